The van der Waals surface area contributed by atoms with E-state index in [1.165, 1.54) is 0 Å². The van der Waals surface area contributed by atoms with E-state index >= 15 is 0 Å². The molecule has 0 aliphatic heterocycles. The fraction of sp³-hybridized carbons (Fsp3) is 0.308. The Morgan fingerprint density at radius 2 is 2.06 bits per heavy atom. The van der Waals surface area contributed by atoms with Gasteiger partial charge in [0.1, 0.15) is 5.75 Å². The van der Waals surface area contributed by atoms with Gasteiger partial charge in [-0.1, -0.05) is 5.21 Å². The number of Topliss-reactive ketones (excluding diaryl/α,β-unsaturated/α-hetero) is 1. The molecular formula is C13H15N3O2. The average molecular weight is 245 g/mol. The highest BCUT2D eigenvalue weighted by molar-refractivity contribution is 5.97. The summed E-state index contributed by atoms with van der Waals surface area (Å²) < 4.78 is 6.91. The van der Waals surface area contributed by atoms with Crippen LogP contribution in [0, 0.1) is 0 Å². The van der Waals surface area contributed by atoms with Crippen molar-refractivity contribution >= 4 is 5.78 Å². The first-order valence-electron chi connectivity index (χ1n) is 5.80. The molecule has 1 heterocycles. The van der Waals surface area contributed by atoms with E-state index in [1.54, 1.807) is 42.2 Å². The number of ether oxygens (including phenoxy) is 1. The maximum atomic E-state index is 12.0. The van der Waals surface area contributed by atoms with Crippen molar-refractivity contribution < 1.29 is 9.53 Å². The van der Waals surface area contributed by atoms with Gasteiger partial charge in [-0.25, -0.2) is 0 Å². The lowest BCUT2D eigenvalue weighted by atomic mass is 10.1. The second-order valence-electron chi connectivity index (χ2n) is 3.94. The second-order valence-corrected chi connectivity index (χ2v) is 3.94. The monoisotopic (exact) mass is 245 g/mol. The van der Waals surface area contributed by atoms with E-state index in [4.69, 9.17) is 4.74 Å². The van der Waals surface area contributed by atoms with Crippen LogP contribution in [-0.4, -0.2) is 27.4 Å². The van der Waals surface area contributed by atoms with Crippen LogP contribution in [0.4, 0.5) is 0 Å². The minimum Gasteiger partial charge on any atom is -0.494 e. The summed E-state index contributed by atoms with van der Waals surface area (Å²) in [6.45, 7) is 2.54. The van der Waals surface area contributed by atoms with Gasteiger partial charge in [0, 0.05) is 18.8 Å². The van der Waals surface area contributed by atoms with Gasteiger partial charge in [0.2, 0.25) is 0 Å². The third-order valence-corrected chi connectivity index (χ3v) is 2.48. The summed E-state index contributed by atoms with van der Waals surface area (Å²) in [4.78, 5) is 12.0. The van der Waals surface area contributed by atoms with Crippen LogP contribution >= 0.6 is 0 Å². The van der Waals surface area contributed by atoms with Gasteiger partial charge in [-0.3, -0.25) is 9.48 Å². The SMILES string of the molecule is CCOc1ccc(C(=O)Cc2cn(C)nn2)cc1. The van der Waals surface area contributed by atoms with Crippen LogP contribution in [0.5, 0.6) is 5.75 Å². The third-order valence-electron chi connectivity index (χ3n) is 2.48. The Morgan fingerprint density at radius 1 is 1.33 bits per heavy atom. The molecule has 0 fully saturated rings. The van der Waals surface area contributed by atoms with E-state index in [2.05, 4.69) is 10.3 Å². The Hall–Kier alpha value is -2.17. The number of aromatic nitrogens is 3. The molecule has 2 rings (SSSR count). The zero-order valence-electron chi connectivity index (χ0n) is 10.5. The van der Waals surface area contributed by atoms with Crippen LogP contribution in [-0.2, 0) is 13.5 Å². The van der Waals surface area contributed by atoms with Crippen LogP contribution in [0.1, 0.15) is 23.0 Å². The molecule has 0 unspecified atom stereocenters. The molecule has 0 aliphatic carbocycles. The van der Waals surface area contributed by atoms with Crippen LogP contribution < -0.4 is 4.74 Å². The van der Waals surface area contributed by atoms with Gasteiger partial charge in [0.05, 0.1) is 18.7 Å². The minimum atomic E-state index is 0.0264. The number of hydrogen-bond donors (Lipinski definition) is 0. The van der Waals surface area contributed by atoms with Crippen LogP contribution in [0.15, 0.2) is 30.5 Å². The van der Waals surface area contributed by atoms with Gasteiger partial charge in [-0.15, -0.1) is 5.10 Å². The molecule has 0 amide bonds. The number of nitrogens with zero attached hydrogens (tertiary/aromatic N) is 3. The first-order valence-corrected chi connectivity index (χ1v) is 5.80. The molecule has 5 nitrogen and oxygen atoms in total. The fourth-order valence-corrected chi connectivity index (χ4v) is 1.65. The molecule has 1 aromatic heterocycles. The number of aryl methyl sites for hydroxylation is 1. The molecular weight excluding hydrogens is 230 g/mol. The summed E-state index contributed by atoms with van der Waals surface area (Å²) in [5.41, 5.74) is 1.33. The van der Waals surface area contributed by atoms with Crippen molar-refractivity contribution in [2.45, 2.75) is 13.3 Å². The van der Waals surface area contributed by atoms with Gasteiger partial charge in [-0.05, 0) is 31.2 Å². The van der Waals surface area contributed by atoms with Gasteiger partial charge >= 0.3 is 0 Å². The standard InChI is InChI=1S/C13H15N3O2/c1-3-18-12-6-4-10(5-7-12)13(17)8-11-9-16(2)15-14-11/h4-7,9H,3,8H2,1-2H3. The van der Waals surface area contributed by atoms with Gasteiger partial charge in [0.25, 0.3) is 0 Å². The second kappa shape index (κ2) is 5.44. The number of carbonyl (C=O) groups is 1. The Bertz CT molecular complexity index is 531. The molecule has 0 radical (unpaired) electrons. The van der Waals surface area contributed by atoms with Crippen LogP contribution in [0.3, 0.4) is 0 Å². The summed E-state index contributed by atoms with van der Waals surface area (Å²) in [5.74, 6) is 0.798. The topological polar surface area (TPSA) is 57.0 Å². The number of benzene rings is 1. The molecule has 0 aliphatic rings. The van der Waals surface area contributed by atoms with Crippen LogP contribution in [0.25, 0.3) is 0 Å². The predicted octanol–water partition coefficient (Wildman–Crippen LogP) is 1.64. The lowest BCUT2D eigenvalue weighted by Gasteiger charge is -2.03. The van der Waals surface area contributed by atoms with Gasteiger partial charge in [0.15, 0.2) is 5.78 Å². The smallest absolute Gasteiger partial charge is 0.168 e. The largest absolute Gasteiger partial charge is 0.494 e. The van der Waals surface area contributed by atoms with Crippen molar-refractivity contribution in [3.8, 4) is 5.75 Å². The summed E-state index contributed by atoms with van der Waals surface area (Å²) in [5, 5.41) is 7.69. The lowest BCUT2D eigenvalue weighted by molar-refractivity contribution is 0.0992. The van der Waals surface area contributed by atoms with E-state index in [-0.39, 0.29) is 12.2 Å². The maximum Gasteiger partial charge on any atom is 0.168 e. The molecule has 0 atom stereocenters. The predicted molar refractivity (Wildman–Crippen MR) is 66.6 cm³/mol. The Kier molecular flexibility index (Phi) is 3.72. The van der Waals surface area contributed by atoms with Crippen molar-refractivity contribution in [1.82, 2.24) is 15.0 Å². The molecule has 0 saturated heterocycles. The summed E-state index contributed by atoms with van der Waals surface area (Å²) in [6.07, 6.45) is 2.01. The molecule has 1 aromatic carbocycles. The average Bonchev–Trinajstić information content (AvgIpc) is 2.76. The van der Waals surface area contributed by atoms with Gasteiger partial charge in [-0.2, -0.15) is 0 Å². The summed E-state index contributed by atoms with van der Waals surface area (Å²) in [7, 11) is 1.78. The maximum absolute atomic E-state index is 12.0. The first kappa shape index (κ1) is 12.3. The first-order chi connectivity index (χ1) is 8.69. The highest BCUT2D eigenvalue weighted by Gasteiger charge is 2.09. The number of rotatable bonds is 5. The molecule has 2 aromatic rings. The number of hydrogen-bond acceptors (Lipinski definition) is 4. The van der Waals surface area contributed by atoms with E-state index in [9.17, 15) is 4.79 Å². The summed E-state index contributed by atoms with van der Waals surface area (Å²) >= 11 is 0. The summed E-state index contributed by atoms with van der Waals surface area (Å²) in [6, 6.07) is 7.13. The molecule has 0 saturated carbocycles. The Balaban J connectivity index is 2.04. The quantitative estimate of drug-likeness (QED) is 0.751. The van der Waals surface area contributed by atoms with Crippen molar-refractivity contribution in [2.24, 2.45) is 7.05 Å². The zero-order valence-corrected chi connectivity index (χ0v) is 10.5. The highest BCUT2D eigenvalue weighted by atomic mass is 16.5. The Morgan fingerprint density at radius 3 is 2.61 bits per heavy atom. The highest BCUT2D eigenvalue weighted by Crippen LogP contribution is 2.13. The van der Waals surface area contributed by atoms with Crippen LogP contribution in [0.2, 0.25) is 0 Å². The van der Waals surface area contributed by atoms with E-state index < -0.39 is 0 Å². The van der Waals surface area contributed by atoms with E-state index in [1.807, 2.05) is 6.92 Å². The fourth-order valence-electron chi connectivity index (χ4n) is 1.65. The molecule has 94 valence electrons. The lowest BCUT2D eigenvalue weighted by Crippen LogP contribution is -2.04. The molecule has 5 heteroatoms. The van der Waals surface area contributed by atoms with E-state index in [0.717, 1.165) is 5.75 Å². The van der Waals surface area contributed by atoms with Gasteiger partial charge < -0.3 is 4.74 Å². The number of carbonyl (C=O) groups excluding carboxylic acids is 1. The molecule has 18 heavy (non-hydrogen) atoms. The Labute approximate surface area is 105 Å². The molecule has 0 N–H and O–H groups in total. The van der Waals surface area contributed by atoms with Crippen molar-refractivity contribution in [1.29, 1.82) is 0 Å². The molecule has 0 bridgehead atoms. The van der Waals surface area contributed by atoms with E-state index in [0.29, 0.717) is 17.9 Å². The van der Waals surface area contributed by atoms with Crippen molar-refractivity contribution in [3.63, 3.8) is 0 Å². The normalized spacial score (nSPS) is 10.3. The van der Waals surface area contributed by atoms with Crippen molar-refractivity contribution in [2.75, 3.05) is 6.61 Å². The number of ketones is 1. The molecule has 0 spiro atoms. The third kappa shape index (κ3) is 2.94. The zero-order chi connectivity index (χ0) is 13.0. The minimum absolute atomic E-state index is 0.0264. The van der Waals surface area contributed by atoms with Crippen molar-refractivity contribution in [3.05, 3.63) is 41.7 Å².